The average Bonchev–Trinajstić information content (AvgIpc) is 3.16. The van der Waals surface area contributed by atoms with E-state index in [-0.39, 0.29) is 21.6 Å². The van der Waals surface area contributed by atoms with Crippen molar-refractivity contribution in [1.29, 1.82) is 0 Å². The number of carbonyl (C=O) groups is 1. The topological polar surface area (TPSA) is 97.4 Å². The molecule has 0 aliphatic carbocycles. The van der Waals surface area contributed by atoms with Crippen molar-refractivity contribution >= 4 is 32.4 Å². The fourth-order valence-electron chi connectivity index (χ4n) is 2.41. The maximum absolute atomic E-state index is 12.4. The highest BCUT2D eigenvalue weighted by atomic mass is 32.2. The number of carbonyl (C=O) groups excluding carboxylic acids is 1. The second-order valence-electron chi connectivity index (χ2n) is 5.81. The molecular weight excluding hydrogens is 398 g/mol. The van der Waals surface area contributed by atoms with E-state index >= 15 is 0 Å². The van der Waals surface area contributed by atoms with E-state index in [1.54, 1.807) is 12.1 Å². The molecule has 0 unspecified atom stereocenters. The summed E-state index contributed by atoms with van der Waals surface area (Å²) in [7, 11) is -2.29. The zero-order valence-corrected chi connectivity index (χ0v) is 16.7. The molecule has 0 radical (unpaired) electrons. The maximum atomic E-state index is 12.4. The molecule has 2 aromatic carbocycles. The molecule has 7 nitrogen and oxygen atoms in total. The average molecular weight is 418 g/mol. The van der Waals surface area contributed by atoms with E-state index in [0.717, 1.165) is 16.9 Å². The van der Waals surface area contributed by atoms with E-state index in [2.05, 4.69) is 15.0 Å². The number of aromatic nitrogens is 1. The highest BCUT2D eigenvalue weighted by Gasteiger charge is 2.18. The smallest absolute Gasteiger partial charge is 0.270 e. The van der Waals surface area contributed by atoms with Gasteiger partial charge in [0.25, 0.3) is 15.9 Å². The van der Waals surface area contributed by atoms with E-state index in [1.165, 1.54) is 24.6 Å². The van der Waals surface area contributed by atoms with Crippen LogP contribution >= 0.6 is 11.3 Å². The Morgan fingerprint density at radius 3 is 2.50 bits per heavy atom. The second kappa shape index (κ2) is 8.85. The van der Waals surface area contributed by atoms with Crippen molar-refractivity contribution in [3.63, 3.8) is 0 Å². The third kappa shape index (κ3) is 5.08. The summed E-state index contributed by atoms with van der Waals surface area (Å²) < 4.78 is 32.3. The van der Waals surface area contributed by atoms with Gasteiger partial charge in [0.15, 0.2) is 5.13 Å². The van der Waals surface area contributed by atoms with Crippen molar-refractivity contribution in [2.45, 2.75) is 11.3 Å². The summed E-state index contributed by atoms with van der Waals surface area (Å²) >= 11 is 1.05. The van der Waals surface area contributed by atoms with E-state index in [0.29, 0.717) is 18.7 Å². The zero-order valence-electron chi connectivity index (χ0n) is 15.1. The molecule has 1 amide bonds. The molecule has 0 spiro atoms. The molecule has 3 rings (SSSR count). The fraction of sp³-hybridized carbons (Fsp3) is 0.158. The number of hydrogen-bond acceptors (Lipinski definition) is 6. The third-order valence-electron chi connectivity index (χ3n) is 3.87. The molecule has 0 bridgehead atoms. The number of amides is 1. The van der Waals surface area contributed by atoms with Gasteiger partial charge in [-0.25, -0.2) is 13.4 Å². The first-order valence-electron chi connectivity index (χ1n) is 8.42. The Bertz CT molecular complexity index is 1030. The lowest BCUT2D eigenvalue weighted by Crippen LogP contribution is -2.26. The van der Waals surface area contributed by atoms with Gasteiger partial charge in [-0.05, 0) is 36.2 Å². The van der Waals surface area contributed by atoms with Crippen molar-refractivity contribution in [1.82, 2.24) is 10.3 Å². The first-order valence-corrected chi connectivity index (χ1v) is 10.8. The van der Waals surface area contributed by atoms with Crippen molar-refractivity contribution < 1.29 is 17.9 Å². The number of thiazole rings is 1. The van der Waals surface area contributed by atoms with Gasteiger partial charge < -0.3 is 10.1 Å². The Labute approximate surface area is 167 Å². The summed E-state index contributed by atoms with van der Waals surface area (Å²) in [5.41, 5.74) is 1.29. The maximum Gasteiger partial charge on any atom is 0.270 e. The number of ether oxygens (including phenoxy) is 1. The number of benzene rings is 2. The van der Waals surface area contributed by atoms with Gasteiger partial charge in [0, 0.05) is 11.9 Å². The Balaban J connectivity index is 1.58. The predicted molar refractivity (Wildman–Crippen MR) is 108 cm³/mol. The Kier molecular flexibility index (Phi) is 6.27. The molecule has 0 saturated carbocycles. The van der Waals surface area contributed by atoms with Gasteiger partial charge >= 0.3 is 0 Å². The van der Waals surface area contributed by atoms with Gasteiger partial charge in [-0.3, -0.25) is 9.52 Å². The van der Waals surface area contributed by atoms with Crippen LogP contribution in [0.2, 0.25) is 0 Å². The summed E-state index contributed by atoms with van der Waals surface area (Å²) in [5.74, 6) is 0.213. The van der Waals surface area contributed by atoms with Gasteiger partial charge in [0.1, 0.15) is 11.4 Å². The lowest BCUT2D eigenvalue weighted by Gasteiger charge is -2.06. The van der Waals surface area contributed by atoms with E-state index < -0.39 is 10.0 Å². The number of anilines is 1. The van der Waals surface area contributed by atoms with E-state index in [1.807, 2.05) is 30.3 Å². The van der Waals surface area contributed by atoms with Crippen LogP contribution in [0.5, 0.6) is 5.75 Å². The Morgan fingerprint density at radius 1 is 1.11 bits per heavy atom. The third-order valence-corrected chi connectivity index (χ3v) is 6.11. The number of sulfonamides is 1. The molecule has 0 atom stereocenters. The minimum Gasteiger partial charge on any atom is -0.497 e. The minimum atomic E-state index is -3.79. The summed E-state index contributed by atoms with van der Waals surface area (Å²) in [6.07, 6.45) is 0.702. The van der Waals surface area contributed by atoms with Crippen LogP contribution in [-0.4, -0.2) is 33.0 Å². The number of nitrogens with one attached hydrogen (secondary N) is 2. The quantitative estimate of drug-likeness (QED) is 0.587. The fourth-order valence-corrected chi connectivity index (χ4v) is 4.35. The standard InChI is InChI=1S/C19H19N3O4S2/c1-26-15-7-9-16(10-8-15)28(24,25)22-19-21-17(13-27-19)18(23)20-12-11-14-5-3-2-4-6-14/h2-10,13H,11-12H2,1H3,(H,20,23)(H,21,22). The van der Waals surface area contributed by atoms with Crippen LogP contribution in [-0.2, 0) is 16.4 Å². The van der Waals surface area contributed by atoms with Gasteiger partial charge in [0.05, 0.1) is 12.0 Å². The lowest BCUT2D eigenvalue weighted by molar-refractivity contribution is 0.0950. The predicted octanol–water partition coefficient (Wildman–Crippen LogP) is 2.93. The Morgan fingerprint density at radius 2 is 1.82 bits per heavy atom. The Hall–Kier alpha value is -2.91. The van der Waals surface area contributed by atoms with Gasteiger partial charge in [-0.1, -0.05) is 30.3 Å². The van der Waals surface area contributed by atoms with E-state index in [9.17, 15) is 13.2 Å². The largest absolute Gasteiger partial charge is 0.497 e. The summed E-state index contributed by atoms with van der Waals surface area (Å²) in [4.78, 5) is 16.3. The second-order valence-corrected chi connectivity index (χ2v) is 8.35. The molecule has 1 aromatic heterocycles. The van der Waals surface area contributed by atoms with Crippen LogP contribution < -0.4 is 14.8 Å². The SMILES string of the molecule is COc1ccc(S(=O)(=O)Nc2nc(C(=O)NCCc3ccccc3)cs2)cc1. The van der Waals surface area contributed by atoms with Gasteiger partial charge in [-0.15, -0.1) is 11.3 Å². The van der Waals surface area contributed by atoms with Gasteiger partial charge in [0.2, 0.25) is 0 Å². The van der Waals surface area contributed by atoms with Gasteiger partial charge in [-0.2, -0.15) is 0 Å². The minimum absolute atomic E-state index is 0.0809. The van der Waals surface area contributed by atoms with Crippen molar-refractivity contribution in [3.05, 3.63) is 71.2 Å². The molecule has 2 N–H and O–H groups in total. The number of methoxy groups -OCH3 is 1. The van der Waals surface area contributed by atoms with Crippen LogP contribution in [0.25, 0.3) is 0 Å². The molecule has 0 fully saturated rings. The molecule has 3 aromatic rings. The lowest BCUT2D eigenvalue weighted by atomic mass is 10.1. The van der Waals surface area contributed by atoms with Crippen LogP contribution in [0, 0.1) is 0 Å². The van der Waals surface area contributed by atoms with Crippen LogP contribution in [0.1, 0.15) is 16.1 Å². The van der Waals surface area contributed by atoms with Crippen molar-refractivity contribution in [2.75, 3.05) is 18.4 Å². The van der Waals surface area contributed by atoms with Crippen molar-refractivity contribution in [2.24, 2.45) is 0 Å². The molecule has 0 saturated heterocycles. The number of nitrogens with zero attached hydrogens (tertiary/aromatic N) is 1. The molecule has 0 aliphatic rings. The number of rotatable bonds is 8. The molecule has 9 heteroatoms. The normalized spacial score (nSPS) is 11.0. The van der Waals surface area contributed by atoms with Crippen molar-refractivity contribution in [3.8, 4) is 5.75 Å². The molecule has 28 heavy (non-hydrogen) atoms. The number of hydrogen-bond donors (Lipinski definition) is 2. The summed E-state index contributed by atoms with van der Waals surface area (Å²) in [6.45, 7) is 0.466. The first kappa shape index (κ1) is 19.8. The highest BCUT2D eigenvalue weighted by Crippen LogP contribution is 2.21. The zero-order chi connectivity index (χ0) is 20.0. The molecule has 1 heterocycles. The van der Waals surface area contributed by atoms with Crippen LogP contribution in [0.15, 0.2) is 64.9 Å². The summed E-state index contributed by atoms with van der Waals surface area (Å²) in [6, 6.07) is 15.8. The molecule has 146 valence electrons. The highest BCUT2D eigenvalue weighted by molar-refractivity contribution is 7.93. The molecular formula is C19H19N3O4S2. The van der Waals surface area contributed by atoms with Crippen LogP contribution in [0.3, 0.4) is 0 Å². The molecule has 0 aliphatic heterocycles. The monoisotopic (exact) mass is 417 g/mol. The first-order chi connectivity index (χ1) is 13.5. The van der Waals surface area contributed by atoms with Crippen LogP contribution in [0.4, 0.5) is 5.13 Å². The summed E-state index contributed by atoms with van der Waals surface area (Å²) in [5, 5.41) is 4.43. The van der Waals surface area contributed by atoms with E-state index in [4.69, 9.17) is 4.74 Å².